The smallest absolute Gasteiger partial charge is 0.342 e. The van der Waals surface area contributed by atoms with Crippen molar-refractivity contribution in [3.8, 4) is 5.75 Å². The van der Waals surface area contributed by atoms with Crippen LogP contribution in [0, 0.1) is 0 Å². The monoisotopic (exact) mass is 266 g/mol. The Hall–Kier alpha value is -2.24. The first kappa shape index (κ1) is 14.8. The molecule has 0 unspecified atom stereocenters. The van der Waals surface area contributed by atoms with Crippen molar-refractivity contribution in [3.05, 3.63) is 23.8 Å². The molecule has 1 amide bonds. The Balaban J connectivity index is 2.64. The highest BCUT2D eigenvalue weighted by Crippen LogP contribution is 2.26. The molecule has 0 aliphatic carbocycles. The van der Waals surface area contributed by atoms with Crippen LogP contribution in [0.1, 0.15) is 16.8 Å². The number of benzene rings is 1. The van der Waals surface area contributed by atoms with Gasteiger partial charge in [0, 0.05) is 14.1 Å². The second-order valence-electron chi connectivity index (χ2n) is 4.10. The summed E-state index contributed by atoms with van der Waals surface area (Å²) in [7, 11) is 4.72. The van der Waals surface area contributed by atoms with Crippen LogP contribution in [0.2, 0.25) is 0 Å². The van der Waals surface area contributed by atoms with Crippen LogP contribution in [0.5, 0.6) is 5.75 Å². The van der Waals surface area contributed by atoms with Crippen molar-refractivity contribution in [3.63, 3.8) is 0 Å². The van der Waals surface area contributed by atoms with Crippen LogP contribution >= 0.6 is 0 Å². The van der Waals surface area contributed by atoms with Crippen LogP contribution < -0.4 is 10.5 Å². The zero-order valence-corrected chi connectivity index (χ0v) is 11.3. The zero-order valence-electron chi connectivity index (χ0n) is 11.3. The van der Waals surface area contributed by atoms with E-state index in [1.54, 1.807) is 32.3 Å². The fourth-order valence-corrected chi connectivity index (χ4v) is 1.48. The molecule has 0 saturated carbocycles. The van der Waals surface area contributed by atoms with Gasteiger partial charge in [0.15, 0.2) is 5.75 Å². The molecule has 2 N–H and O–H groups in total. The van der Waals surface area contributed by atoms with E-state index in [9.17, 15) is 9.59 Å². The topological polar surface area (TPSA) is 81.9 Å². The van der Waals surface area contributed by atoms with Crippen LogP contribution in [0.25, 0.3) is 0 Å². The number of anilines is 1. The van der Waals surface area contributed by atoms with Gasteiger partial charge in [-0.3, -0.25) is 4.79 Å². The molecule has 0 fully saturated rings. The Morgan fingerprint density at radius 1 is 1.32 bits per heavy atom. The average molecular weight is 266 g/mol. The van der Waals surface area contributed by atoms with Crippen molar-refractivity contribution in [2.24, 2.45) is 0 Å². The second kappa shape index (κ2) is 6.63. The lowest BCUT2D eigenvalue weighted by atomic mass is 10.2. The van der Waals surface area contributed by atoms with E-state index in [1.165, 1.54) is 12.0 Å². The van der Waals surface area contributed by atoms with Gasteiger partial charge in [-0.1, -0.05) is 6.07 Å². The SMILES string of the molecule is COc1c(N)cccc1C(=O)OCCC(=O)N(C)C. The summed E-state index contributed by atoms with van der Waals surface area (Å²) in [4.78, 5) is 24.6. The lowest BCUT2D eigenvalue weighted by molar-refractivity contribution is -0.129. The van der Waals surface area contributed by atoms with Crippen LogP contribution in [0.4, 0.5) is 5.69 Å². The maximum atomic E-state index is 11.8. The van der Waals surface area contributed by atoms with Gasteiger partial charge in [-0.2, -0.15) is 0 Å². The fraction of sp³-hybridized carbons (Fsp3) is 0.385. The first-order valence-corrected chi connectivity index (χ1v) is 5.77. The number of ether oxygens (including phenoxy) is 2. The quantitative estimate of drug-likeness (QED) is 0.633. The number of hydrogen-bond donors (Lipinski definition) is 1. The lowest BCUT2D eigenvalue weighted by Gasteiger charge is -2.12. The van der Waals surface area contributed by atoms with E-state index >= 15 is 0 Å². The van der Waals surface area contributed by atoms with Crippen LogP contribution in [0.3, 0.4) is 0 Å². The van der Waals surface area contributed by atoms with Crippen molar-refractivity contribution in [1.82, 2.24) is 4.90 Å². The molecule has 0 saturated heterocycles. The molecule has 0 spiro atoms. The Morgan fingerprint density at radius 3 is 2.58 bits per heavy atom. The first-order valence-electron chi connectivity index (χ1n) is 5.77. The summed E-state index contributed by atoms with van der Waals surface area (Å²) in [5, 5.41) is 0. The third kappa shape index (κ3) is 3.87. The highest BCUT2D eigenvalue weighted by molar-refractivity contribution is 5.94. The number of hydrogen-bond acceptors (Lipinski definition) is 5. The number of amides is 1. The molecule has 1 rings (SSSR count). The third-order valence-corrected chi connectivity index (χ3v) is 2.52. The normalized spacial score (nSPS) is 9.84. The minimum atomic E-state index is -0.560. The van der Waals surface area contributed by atoms with Gasteiger partial charge in [0.25, 0.3) is 0 Å². The maximum absolute atomic E-state index is 11.8. The number of nitrogen functional groups attached to an aromatic ring is 1. The fourth-order valence-electron chi connectivity index (χ4n) is 1.48. The molecule has 0 bridgehead atoms. The van der Waals surface area contributed by atoms with Gasteiger partial charge in [0.05, 0.1) is 19.2 Å². The third-order valence-electron chi connectivity index (χ3n) is 2.52. The number of esters is 1. The predicted octanol–water partition coefficient (Wildman–Crippen LogP) is 0.912. The minimum absolute atomic E-state index is 0.0216. The summed E-state index contributed by atoms with van der Waals surface area (Å²) >= 11 is 0. The molecule has 1 aromatic carbocycles. The highest BCUT2D eigenvalue weighted by atomic mass is 16.5. The van der Waals surface area contributed by atoms with E-state index in [-0.39, 0.29) is 30.2 Å². The Morgan fingerprint density at radius 2 is 2.00 bits per heavy atom. The molecular weight excluding hydrogens is 248 g/mol. The molecule has 6 heteroatoms. The highest BCUT2D eigenvalue weighted by Gasteiger charge is 2.16. The first-order chi connectivity index (χ1) is 8.97. The standard InChI is InChI=1S/C13H18N2O4/c1-15(2)11(16)7-8-19-13(17)9-5-4-6-10(14)12(9)18-3/h4-6H,7-8,14H2,1-3H3. The van der Waals surface area contributed by atoms with Gasteiger partial charge in [-0.25, -0.2) is 4.79 Å². The molecule has 0 aromatic heterocycles. The molecule has 6 nitrogen and oxygen atoms in total. The number of carbonyl (C=O) groups is 2. The average Bonchev–Trinajstić information content (AvgIpc) is 2.37. The van der Waals surface area contributed by atoms with Crippen molar-refractivity contribution in [1.29, 1.82) is 0 Å². The van der Waals surface area contributed by atoms with E-state index in [0.29, 0.717) is 5.69 Å². The number of nitrogens with zero attached hydrogens (tertiary/aromatic N) is 1. The summed E-state index contributed by atoms with van der Waals surface area (Å²) in [6.07, 6.45) is 0.142. The molecule has 0 radical (unpaired) electrons. The van der Waals surface area contributed by atoms with E-state index < -0.39 is 5.97 Å². The molecule has 0 atom stereocenters. The van der Waals surface area contributed by atoms with Gasteiger partial charge in [-0.05, 0) is 12.1 Å². The largest absolute Gasteiger partial charge is 0.494 e. The minimum Gasteiger partial charge on any atom is -0.494 e. The van der Waals surface area contributed by atoms with E-state index in [4.69, 9.17) is 15.2 Å². The predicted molar refractivity (Wildman–Crippen MR) is 71.0 cm³/mol. The zero-order chi connectivity index (χ0) is 14.4. The maximum Gasteiger partial charge on any atom is 0.342 e. The lowest BCUT2D eigenvalue weighted by Crippen LogP contribution is -2.23. The number of carbonyl (C=O) groups excluding carboxylic acids is 2. The van der Waals surface area contributed by atoms with Gasteiger partial charge in [0.1, 0.15) is 12.2 Å². The van der Waals surface area contributed by atoms with Gasteiger partial charge < -0.3 is 20.1 Å². The van der Waals surface area contributed by atoms with Crippen molar-refractivity contribution in [2.75, 3.05) is 33.5 Å². The Bertz CT molecular complexity index is 472. The van der Waals surface area contributed by atoms with E-state index in [1.807, 2.05) is 0 Å². The van der Waals surface area contributed by atoms with Crippen molar-refractivity contribution in [2.45, 2.75) is 6.42 Å². The summed E-state index contributed by atoms with van der Waals surface area (Å²) < 4.78 is 10.1. The van der Waals surface area contributed by atoms with Crippen LogP contribution in [0.15, 0.2) is 18.2 Å². The van der Waals surface area contributed by atoms with Crippen LogP contribution in [-0.2, 0) is 9.53 Å². The molecule has 1 aromatic rings. The molecule has 104 valence electrons. The summed E-state index contributed by atoms with van der Waals surface area (Å²) in [6, 6.07) is 4.83. The number of nitrogens with two attached hydrogens (primary N) is 1. The van der Waals surface area contributed by atoms with E-state index in [2.05, 4.69) is 0 Å². The number of methoxy groups -OCH3 is 1. The van der Waals surface area contributed by atoms with Crippen LogP contribution in [-0.4, -0.2) is 44.6 Å². The number of para-hydroxylation sites is 1. The number of rotatable bonds is 5. The Kier molecular flexibility index (Phi) is 5.17. The molecule has 19 heavy (non-hydrogen) atoms. The van der Waals surface area contributed by atoms with Gasteiger partial charge in [0.2, 0.25) is 5.91 Å². The summed E-state index contributed by atoms with van der Waals surface area (Å²) in [6.45, 7) is 0.0216. The summed E-state index contributed by atoms with van der Waals surface area (Å²) in [5.74, 6) is -0.380. The molecule has 0 aliphatic rings. The van der Waals surface area contributed by atoms with Gasteiger partial charge >= 0.3 is 5.97 Å². The van der Waals surface area contributed by atoms with Crippen molar-refractivity contribution < 1.29 is 19.1 Å². The molecular formula is C13H18N2O4. The van der Waals surface area contributed by atoms with E-state index in [0.717, 1.165) is 0 Å². The van der Waals surface area contributed by atoms with Gasteiger partial charge in [-0.15, -0.1) is 0 Å². The molecule has 0 aliphatic heterocycles. The Labute approximate surface area is 112 Å². The second-order valence-corrected chi connectivity index (χ2v) is 4.10. The summed E-state index contributed by atoms with van der Waals surface area (Å²) in [5.41, 5.74) is 6.30. The molecule has 0 heterocycles. The van der Waals surface area contributed by atoms with Crippen molar-refractivity contribution >= 4 is 17.6 Å².